The first-order chi connectivity index (χ1) is 8.69. The van der Waals surface area contributed by atoms with Crippen molar-refractivity contribution in [2.24, 2.45) is 0 Å². The van der Waals surface area contributed by atoms with Crippen molar-refractivity contribution in [3.8, 4) is 11.5 Å². The van der Waals surface area contributed by atoms with Gasteiger partial charge in [-0.15, -0.1) is 0 Å². The smallest absolute Gasteiger partial charge is 0.130 e. The fourth-order valence-electron chi connectivity index (χ4n) is 1.98. The van der Waals surface area contributed by atoms with Crippen molar-refractivity contribution < 1.29 is 14.3 Å². The van der Waals surface area contributed by atoms with E-state index in [9.17, 15) is 4.79 Å². The summed E-state index contributed by atoms with van der Waals surface area (Å²) in [6.45, 7) is 1.88. The lowest BCUT2D eigenvalue weighted by molar-refractivity contribution is -0.108. The number of carbonyl (C=O) groups excluding carboxylic acids is 1. The lowest BCUT2D eigenvalue weighted by atomic mass is 9.98. The Balaban J connectivity index is 2.64. The molecule has 0 fully saturated rings. The fraction of sp³-hybridized carbons (Fsp3) is 0.267. The first-order valence-corrected chi connectivity index (χ1v) is 5.80. The van der Waals surface area contributed by atoms with E-state index in [0.29, 0.717) is 0 Å². The SMILES string of the molecule is COc1cc(OC)c2ccc(C(C)C=O)cc2c1. The van der Waals surface area contributed by atoms with Crippen LogP contribution in [0.15, 0.2) is 30.3 Å². The van der Waals surface area contributed by atoms with Crippen LogP contribution in [0.2, 0.25) is 0 Å². The molecule has 0 aliphatic carbocycles. The summed E-state index contributed by atoms with van der Waals surface area (Å²) >= 11 is 0. The van der Waals surface area contributed by atoms with Crippen LogP contribution in [0.25, 0.3) is 10.8 Å². The van der Waals surface area contributed by atoms with Crippen molar-refractivity contribution in [2.75, 3.05) is 14.2 Å². The Kier molecular flexibility index (Phi) is 3.51. The molecule has 0 aliphatic rings. The lowest BCUT2D eigenvalue weighted by Crippen LogP contribution is -1.95. The maximum atomic E-state index is 10.8. The van der Waals surface area contributed by atoms with Crippen molar-refractivity contribution in [1.29, 1.82) is 0 Å². The molecule has 0 aromatic heterocycles. The van der Waals surface area contributed by atoms with Crippen molar-refractivity contribution in [3.63, 3.8) is 0 Å². The third-order valence-corrected chi connectivity index (χ3v) is 3.10. The van der Waals surface area contributed by atoms with E-state index in [0.717, 1.165) is 34.1 Å². The molecule has 18 heavy (non-hydrogen) atoms. The molecule has 0 amide bonds. The number of hydrogen-bond acceptors (Lipinski definition) is 3. The van der Waals surface area contributed by atoms with E-state index >= 15 is 0 Å². The second-order valence-corrected chi connectivity index (χ2v) is 4.23. The van der Waals surface area contributed by atoms with Gasteiger partial charge < -0.3 is 14.3 Å². The summed E-state index contributed by atoms with van der Waals surface area (Å²) in [7, 11) is 3.26. The zero-order chi connectivity index (χ0) is 13.1. The molecule has 0 saturated heterocycles. The van der Waals surface area contributed by atoms with Crippen LogP contribution in [0, 0.1) is 0 Å². The van der Waals surface area contributed by atoms with Crippen LogP contribution in [-0.2, 0) is 4.79 Å². The van der Waals surface area contributed by atoms with Crippen molar-refractivity contribution in [2.45, 2.75) is 12.8 Å². The summed E-state index contributed by atoms with van der Waals surface area (Å²) in [6.07, 6.45) is 0.943. The number of aldehydes is 1. The Bertz CT molecular complexity index is 575. The second kappa shape index (κ2) is 5.08. The van der Waals surface area contributed by atoms with E-state index in [1.54, 1.807) is 14.2 Å². The number of benzene rings is 2. The van der Waals surface area contributed by atoms with Crippen LogP contribution in [-0.4, -0.2) is 20.5 Å². The highest BCUT2D eigenvalue weighted by Crippen LogP contribution is 2.32. The minimum absolute atomic E-state index is 0.105. The van der Waals surface area contributed by atoms with Crippen LogP contribution in [0.5, 0.6) is 11.5 Å². The van der Waals surface area contributed by atoms with Crippen molar-refractivity contribution >= 4 is 17.1 Å². The van der Waals surface area contributed by atoms with E-state index in [1.165, 1.54) is 0 Å². The predicted molar refractivity (Wildman–Crippen MR) is 71.5 cm³/mol. The number of fused-ring (bicyclic) bond motifs is 1. The Morgan fingerprint density at radius 1 is 1.11 bits per heavy atom. The van der Waals surface area contributed by atoms with E-state index in [4.69, 9.17) is 9.47 Å². The summed E-state index contributed by atoms with van der Waals surface area (Å²) in [5, 5.41) is 2.03. The van der Waals surface area contributed by atoms with Gasteiger partial charge in [0.05, 0.1) is 14.2 Å². The minimum Gasteiger partial charge on any atom is -0.497 e. The highest BCUT2D eigenvalue weighted by molar-refractivity contribution is 5.91. The van der Waals surface area contributed by atoms with Crippen LogP contribution >= 0.6 is 0 Å². The maximum absolute atomic E-state index is 10.8. The molecular weight excluding hydrogens is 228 g/mol. The molecule has 2 aromatic carbocycles. The Morgan fingerprint density at radius 3 is 2.50 bits per heavy atom. The van der Waals surface area contributed by atoms with Gasteiger partial charge in [0.25, 0.3) is 0 Å². The zero-order valence-electron chi connectivity index (χ0n) is 10.8. The van der Waals surface area contributed by atoms with Gasteiger partial charge in [0.2, 0.25) is 0 Å². The van der Waals surface area contributed by atoms with Gasteiger partial charge in [-0.25, -0.2) is 0 Å². The fourth-order valence-corrected chi connectivity index (χ4v) is 1.98. The molecule has 3 heteroatoms. The molecule has 0 saturated carbocycles. The minimum atomic E-state index is -0.105. The van der Waals surface area contributed by atoms with Gasteiger partial charge in [0.15, 0.2) is 0 Å². The summed E-state index contributed by atoms with van der Waals surface area (Å²) < 4.78 is 10.6. The van der Waals surface area contributed by atoms with Crippen molar-refractivity contribution in [3.05, 3.63) is 35.9 Å². The number of methoxy groups -OCH3 is 2. The number of hydrogen-bond donors (Lipinski definition) is 0. The zero-order valence-corrected chi connectivity index (χ0v) is 10.8. The maximum Gasteiger partial charge on any atom is 0.130 e. The first kappa shape index (κ1) is 12.4. The molecule has 0 radical (unpaired) electrons. The second-order valence-electron chi connectivity index (χ2n) is 4.23. The number of carbonyl (C=O) groups is 1. The largest absolute Gasteiger partial charge is 0.497 e. The Labute approximate surface area is 106 Å². The molecular formula is C15H16O3. The summed E-state index contributed by atoms with van der Waals surface area (Å²) in [5.74, 6) is 1.41. The van der Waals surface area contributed by atoms with E-state index in [-0.39, 0.29) is 5.92 Å². The Hall–Kier alpha value is -2.03. The van der Waals surface area contributed by atoms with E-state index in [1.807, 2.05) is 37.3 Å². The van der Waals surface area contributed by atoms with Gasteiger partial charge in [-0.1, -0.05) is 25.1 Å². The van der Waals surface area contributed by atoms with Gasteiger partial charge >= 0.3 is 0 Å². The van der Waals surface area contributed by atoms with Crippen LogP contribution < -0.4 is 9.47 Å². The molecule has 0 bridgehead atoms. The highest BCUT2D eigenvalue weighted by Gasteiger charge is 2.09. The lowest BCUT2D eigenvalue weighted by Gasteiger charge is -2.11. The standard InChI is InChI=1S/C15H16O3/c1-10(9-16)11-4-5-14-12(6-11)7-13(17-2)8-15(14)18-3/h4-10H,1-3H3. The molecule has 2 rings (SSSR count). The number of ether oxygens (including phenoxy) is 2. The average Bonchev–Trinajstić information content (AvgIpc) is 2.44. The van der Waals surface area contributed by atoms with E-state index in [2.05, 4.69) is 0 Å². The monoisotopic (exact) mass is 244 g/mol. The highest BCUT2D eigenvalue weighted by atomic mass is 16.5. The topological polar surface area (TPSA) is 35.5 Å². The molecule has 1 atom stereocenters. The van der Waals surface area contributed by atoms with E-state index < -0.39 is 0 Å². The quantitative estimate of drug-likeness (QED) is 0.775. The first-order valence-electron chi connectivity index (χ1n) is 5.80. The Morgan fingerprint density at radius 2 is 1.89 bits per heavy atom. The molecule has 0 heterocycles. The molecule has 3 nitrogen and oxygen atoms in total. The third kappa shape index (κ3) is 2.16. The van der Waals surface area contributed by atoms with Crippen molar-refractivity contribution in [1.82, 2.24) is 0 Å². The van der Waals surface area contributed by atoms with Crippen LogP contribution in [0.3, 0.4) is 0 Å². The molecule has 1 unspecified atom stereocenters. The van der Waals surface area contributed by atoms with Gasteiger partial charge in [-0.3, -0.25) is 0 Å². The van der Waals surface area contributed by atoms with Gasteiger partial charge in [0, 0.05) is 17.4 Å². The molecule has 2 aromatic rings. The summed E-state index contributed by atoms with van der Waals surface area (Å²) in [6, 6.07) is 9.73. The molecule has 94 valence electrons. The van der Waals surface area contributed by atoms with Crippen LogP contribution in [0.1, 0.15) is 18.4 Å². The number of rotatable bonds is 4. The summed E-state index contributed by atoms with van der Waals surface area (Å²) in [5.41, 5.74) is 0.993. The predicted octanol–water partition coefficient (Wildman–Crippen LogP) is 3.16. The molecule has 0 spiro atoms. The normalized spacial score (nSPS) is 12.2. The average molecular weight is 244 g/mol. The third-order valence-electron chi connectivity index (χ3n) is 3.10. The van der Waals surface area contributed by atoms with Gasteiger partial charge in [-0.2, -0.15) is 0 Å². The van der Waals surface area contributed by atoms with Crippen LogP contribution in [0.4, 0.5) is 0 Å². The molecule has 0 aliphatic heterocycles. The summed E-state index contributed by atoms with van der Waals surface area (Å²) in [4.78, 5) is 10.8. The van der Waals surface area contributed by atoms with Gasteiger partial charge in [0.1, 0.15) is 17.8 Å². The van der Waals surface area contributed by atoms with Gasteiger partial charge in [-0.05, 0) is 17.0 Å². The molecule has 0 N–H and O–H groups in total.